The highest BCUT2D eigenvalue weighted by Gasteiger charge is 2.24. The standard InChI is InChI=1S/C22H20Cl2F2N4O2/c23-16-4-1-15(18(24)11-16)13-29-7-9-30(10-8-29)21(31)20-12-19(27-28-20)14-2-5-17(6-3-14)32-22(25)26/h1-6,11-12,22H,7-10,13H2,(H,27,28). The minimum absolute atomic E-state index is 0.0633. The van der Waals surface area contributed by atoms with E-state index < -0.39 is 6.61 Å². The number of rotatable bonds is 6. The molecule has 168 valence electrons. The second-order valence-electron chi connectivity index (χ2n) is 7.37. The van der Waals surface area contributed by atoms with Crippen LogP contribution in [0.25, 0.3) is 11.3 Å². The number of alkyl halides is 2. The van der Waals surface area contributed by atoms with Gasteiger partial charge in [0.05, 0.1) is 5.69 Å². The molecule has 1 N–H and O–H groups in total. The van der Waals surface area contributed by atoms with Gasteiger partial charge in [-0.15, -0.1) is 0 Å². The van der Waals surface area contributed by atoms with E-state index in [9.17, 15) is 13.6 Å². The molecule has 32 heavy (non-hydrogen) atoms. The SMILES string of the molecule is O=C(c1cc(-c2ccc(OC(F)F)cc2)n[nH]1)N1CCN(Cc2ccc(Cl)cc2Cl)CC1. The molecule has 0 aliphatic carbocycles. The Kier molecular flexibility index (Phi) is 6.93. The van der Waals surface area contributed by atoms with Crippen molar-refractivity contribution in [2.24, 2.45) is 0 Å². The minimum atomic E-state index is -2.88. The lowest BCUT2D eigenvalue weighted by molar-refractivity contribution is -0.0498. The first-order chi connectivity index (χ1) is 15.4. The molecule has 2 heterocycles. The Morgan fingerprint density at radius 2 is 1.78 bits per heavy atom. The van der Waals surface area contributed by atoms with Gasteiger partial charge in [0.1, 0.15) is 11.4 Å². The predicted molar refractivity (Wildman–Crippen MR) is 118 cm³/mol. The highest BCUT2D eigenvalue weighted by Crippen LogP contribution is 2.24. The Hall–Kier alpha value is -2.68. The van der Waals surface area contributed by atoms with Gasteiger partial charge in [0, 0.05) is 48.3 Å². The lowest BCUT2D eigenvalue weighted by Crippen LogP contribution is -2.48. The van der Waals surface area contributed by atoms with E-state index in [-0.39, 0.29) is 11.7 Å². The second kappa shape index (κ2) is 9.85. The van der Waals surface area contributed by atoms with E-state index in [4.69, 9.17) is 23.2 Å². The number of hydrogen-bond acceptors (Lipinski definition) is 4. The first-order valence-corrected chi connectivity index (χ1v) is 10.7. The number of amides is 1. The van der Waals surface area contributed by atoms with Crippen LogP contribution >= 0.6 is 23.2 Å². The molecule has 1 aliphatic heterocycles. The maximum absolute atomic E-state index is 12.9. The number of carbonyl (C=O) groups is 1. The summed E-state index contributed by atoms with van der Waals surface area (Å²) in [5.41, 5.74) is 2.61. The number of aromatic amines is 1. The molecular formula is C22H20Cl2F2N4O2. The van der Waals surface area contributed by atoms with E-state index in [2.05, 4.69) is 19.8 Å². The monoisotopic (exact) mass is 480 g/mol. The summed E-state index contributed by atoms with van der Waals surface area (Å²) in [6.45, 7) is 0.418. The largest absolute Gasteiger partial charge is 0.435 e. The van der Waals surface area contributed by atoms with Gasteiger partial charge in [0.25, 0.3) is 5.91 Å². The zero-order valence-corrected chi connectivity index (χ0v) is 18.4. The third-order valence-electron chi connectivity index (χ3n) is 5.25. The Labute approximate surface area is 193 Å². The predicted octanol–water partition coefficient (Wildman–Crippen LogP) is 4.94. The molecule has 3 aromatic rings. The fourth-order valence-corrected chi connectivity index (χ4v) is 4.02. The van der Waals surface area contributed by atoms with Gasteiger partial charge in [-0.25, -0.2) is 0 Å². The number of carbonyl (C=O) groups excluding carboxylic acids is 1. The lowest BCUT2D eigenvalue weighted by atomic mass is 10.1. The van der Waals surface area contributed by atoms with Crippen molar-refractivity contribution in [3.8, 4) is 17.0 Å². The van der Waals surface area contributed by atoms with E-state index in [1.165, 1.54) is 12.1 Å². The third-order valence-corrected chi connectivity index (χ3v) is 5.84. The molecule has 1 amide bonds. The van der Waals surface area contributed by atoms with E-state index >= 15 is 0 Å². The van der Waals surface area contributed by atoms with Crippen LogP contribution < -0.4 is 4.74 Å². The van der Waals surface area contributed by atoms with Gasteiger partial charge in [-0.1, -0.05) is 29.3 Å². The minimum Gasteiger partial charge on any atom is -0.435 e. The molecule has 1 aliphatic rings. The van der Waals surface area contributed by atoms with Crippen molar-refractivity contribution in [1.29, 1.82) is 0 Å². The van der Waals surface area contributed by atoms with Gasteiger partial charge in [-0.05, 0) is 48.0 Å². The number of hydrogen-bond donors (Lipinski definition) is 1. The number of piperazine rings is 1. The molecule has 0 bridgehead atoms. The summed E-state index contributed by atoms with van der Waals surface area (Å²) in [4.78, 5) is 16.9. The second-order valence-corrected chi connectivity index (χ2v) is 8.22. The molecule has 0 saturated carbocycles. The average molecular weight is 481 g/mol. The summed E-state index contributed by atoms with van der Waals surface area (Å²) in [6.07, 6.45) is 0. The Balaban J connectivity index is 1.34. The Morgan fingerprint density at radius 3 is 2.44 bits per heavy atom. The van der Waals surface area contributed by atoms with Crippen LogP contribution in [0, 0.1) is 0 Å². The van der Waals surface area contributed by atoms with Gasteiger partial charge in [0.2, 0.25) is 0 Å². The van der Waals surface area contributed by atoms with Crippen LogP contribution in [0.5, 0.6) is 5.75 Å². The fourth-order valence-electron chi connectivity index (χ4n) is 3.56. The smallest absolute Gasteiger partial charge is 0.387 e. The van der Waals surface area contributed by atoms with Gasteiger partial charge < -0.3 is 9.64 Å². The average Bonchev–Trinajstić information content (AvgIpc) is 3.26. The summed E-state index contributed by atoms with van der Waals surface area (Å²) in [7, 11) is 0. The molecule has 6 nitrogen and oxygen atoms in total. The van der Waals surface area contributed by atoms with Crippen molar-refractivity contribution < 1.29 is 18.3 Å². The van der Waals surface area contributed by atoms with Crippen molar-refractivity contribution in [3.63, 3.8) is 0 Å². The number of nitrogens with one attached hydrogen (secondary N) is 1. The highest BCUT2D eigenvalue weighted by molar-refractivity contribution is 6.35. The van der Waals surface area contributed by atoms with Gasteiger partial charge in [-0.3, -0.25) is 14.8 Å². The van der Waals surface area contributed by atoms with Crippen molar-refractivity contribution in [3.05, 3.63) is 69.8 Å². The molecule has 0 spiro atoms. The van der Waals surface area contributed by atoms with Crippen LogP contribution in [0.3, 0.4) is 0 Å². The first kappa shape index (κ1) is 22.5. The number of H-pyrrole nitrogens is 1. The molecular weight excluding hydrogens is 461 g/mol. The number of ether oxygens (including phenoxy) is 1. The molecule has 10 heteroatoms. The van der Waals surface area contributed by atoms with Crippen LogP contribution in [-0.2, 0) is 6.54 Å². The summed E-state index contributed by atoms with van der Waals surface area (Å²) >= 11 is 12.2. The van der Waals surface area contributed by atoms with Crippen LogP contribution in [0.4, 0.5) is 8.78 Å². The zero-order chi connectivity index (χ0) is 22.7. The van der Waals surface area contributed by atoms with Crippen LogP contribution in [0.15, 0.2) is 48.5 Å². The highest BCUT2D eigenvalue weighted by atomic mass is 35.5. The number of nitrogens with zero attached hydrogens (tertiary/aromatic N) is 3. The van der Waals surface area contributed by atoms with E-state index in [1.54, 1.807) is 29.2 Å². The van der Waals surface area contributed by atoms with Crippen molar-refractivity contribution in [2.75, 3.05) is 26.2 Å². The molecule has 4 rings (SSSR count). The zero-order valence-electron chi connectivity index (χ0n) is 16.9. The normalized spacial score (nSPS) is 14.7. The molecule has 1 fully saturated rings. The van der Waals surface area contributed by atoms with Crippen LogP contribution in [-0.4, -0.2) is 58.7 Å². The third kappa shape index (κ3) is 5.38. The van der Waals surface area contributed by atoms with E-state index in [1.807, 2.05) is 12.1 Å². The van der Waals surface area contributed by atoms with Crippen LogP contribution in [0.1, 0.15) is 16.1 Å². The first-order valence-electron chi connectivity index (χ1n) is 9.95. The topological polar surface area (TPSA) is 61.5 Å². The van der Waals surface area contributed by atoms with E-state index in [0.29, 0.717) is 46.6 Å². The van der Waals surface area contributed by atoms with Crippen molar-refractivity contribution >= 4 is 29.1 Å². The maximum atomic E-state index is 12.9. The van der Waals surface area contributed by atoms with Gasteiger partial charge >= 0.3 is 6.61 Å². The quantitative estimate of drug-likeness (QED) is 0.542. The number of aromatic nitrogens is 2. The maximum Gasteiger partial charge on any atom is 0.387 e. The summed E-state index contributed by atoms with van der Waals surface area (Å²) in [5.74, 6) is -0.0704. The van der Waals surface area contributed by atoms with E-state index in [0.717, 1.165) is 18.7 Å². The van der Waals surface area contributed by atoms with Crippen molar-refractivity contribution in [2.45, 2.75) is 13.2 Å². The molecule has 1 saturated heterocycles. The molecule has 0 radical (unpaired) electrons. The summed E-state index contributed by atoms with van der Waals surface area (Å²) in [5, 5.41) is 8.20. The number of benzene rings is 2. The van der Waals surface area contributed by atoms with Crippen molar-refractivity contribution in [1.82, 2.24) is 20.0 Å². The Morgan fingerprint density at radius 1 is 1.06 bits per heavy atom. The molecule has 0 unspecified atom stereocenters. The van der Waals surface area contributed by atoms with Crippen LogP contribution in [0.2, 0.25) is 10.0 Å². The Bertz CT molecular complexity index is 1080. The lowest BCUT2D eigenvalue weighted by Gasteiger charge is -2.34. The number of halogens is 4. The fraction of sp³-hybridized carbons (Fsp3) is 0.273. The molecule has 1 aromatic heterocycles. The summed E-state index contributed by atoms with van der Waals surface area (Å²) in [6, 6.07) is 13.2. The van der Waals surface area contributed by atoms with Gasteiger partial charge in [-0.2, -0.15) is 13.9 Å². The van der Waals surface area contributed by atoms with Gasteiger partial charge in [0.15, 0.2) is 0 Å². The molecule has 2 aromatic carbocycles. The summed E-state index contributed by atoms with van der Waals surface area (Å²) < 4.78 is 28.9. The molecule has 0 atom stereocenters.